The molecule has 0 spiro atoms. The van der Waals surface area contributed by atoms with E-state index >= 15 is 26.3 Å². The van der Waals surface area contributed by atoms with Gasteiger partial charge in [0.15, 0.2) is 58.2 Å². The van der Waals surface area contributed by atoms with Gasteiger partial charge in [0.25, 0.3) is 0 Å². The summed E-state index contributed by atoms with van der Waals surface area (Å²) in [6.45, 7) is 0.242. The van der Waals surface area contributed by atoms with Gasteiger partial charge >= 0.3 is 6.18 Å². The van der Waals surface area contributed by atoms with E-state index in [-0.39, 0.29) is 6.92 Å². The Morgan fingerprint density at radius 2 is 0.680 bits per heavy atom. The molecule has 1 fully saturated rings. The van der Waals surface area contributed by atoms with Crippen LogP contribution < -0.4 is 0 Å². The fourth-order valence-corrected chi connectivity index (χ4v) is 4.88. The molecule has 0 N–H and O–H groups in total. The minimum absolute atomic E-state index is 0.242. The van der Waals surface area contributed by atoms with Crippen molar-refractivity contribution in [3.05, 3.63) is 120 Å². The van der Waals surface area contributed by atoms with Gasteiger partial charge in [-0.25, -0.2) is 48.3 Å². The molecule has 1 aliphatic carbocycles. The molecule has 0 radical (unpaired) electrons. The van der Waals surface area contributed by atoms with Gasteiger partial charge in [0.2, 0.25) is 0 Å². The first-order chi connectivity index (χ1) is 23.3. The van der Waals surface area contributed by atoms with E-state index in [9.17, 15) is 50.9 Å². The first kappa shape index (κ1) is 36.2. The summed E-state index contributed by atoms with van der Waals surface area (Å²) in [6.07, 6.45) is -5.77. The zero-order valence-electron chi connectivity index (χ0n) is 23.5. The highest BCUT2D eigenvalue weighted by Crippen LogP contribution is 2.57. The molecule has 0 saturated heterocycles. The minimum Gasteiger partial charge on any atom is -0.206 e. The van der Waals surface area contributed by atoms with Gasteiger partial charge in [-0.15, -0.1) is 0 Å². The molecule has 0 heterocycles. The number of hydrogen-bond donors (Lipinski definition) is 0. The standard InChI is InChI=1S/C31H3F14N5/c1-7-19(31(43,44)45)30(42)29(41)16(20(7)32)8(2-46)13-14(9(3-47)17-25(37)21(33)11(5-49)22(34)26(17)38)15(13)10(4-48)18-27(39)23(35)12(6-50)24(36)28(18)40/h1H3/b13-8-,14-9?,15-10-. The molecule has 5 nitrogen and oxygen atoms in total. The zero-order chi connectivity index (χ0) is 37.9. The lowest BCUT2D eigenvalue weighted by molar-refractivity contribution is -0.141. The molecule has 0 aromatic heterocycles. The van der Waals surface area contributed by atoms with E-state index in [0.717, 1.165) is 30.3 Å². The number of allylic oxidation sites excluding steroid dienone is 6. The van der Waals surface area contributed by atoms with Crippen LogP contribution in [0.5, 0.6) is 0 Å². The number of nitrogens with zero attached hydrogens (tertiary/aromatic N) is 5. The quantitative estimate of drug-likeness (QED) is 0.153. The second-order valence-electron chi connectivity index (χ2n) is 9.64. The molecule has 0 aliphatic heterocycles. The predicted molar refractivity (Wildman–Crippen MR) is 136 cm³/mol. The number of rotatable bonds is 3. The molecule has 0 unspecified atom stereocenters. The highest BCUT2D eigenvalue weighted by atomic mass is 19.4. The van der Waals surface area contributed by atoms with E-state index in [1.807, 2.05) is 0 Å². The van der Waals surface area contributed by atoms with E-state index in [1.165, 1.54) is 0 Å². The first-order valence-electron chi connectivity index (χ1n) is 12.5. The lowest BCUT2D eigenvalue weighted by atomic mass is 9.96. The predicted octanol–water partition coefficient (Wildman–Crippen LogP) is 8.53. The van der Waals surface area contributed by atoms with Gasteiger partial charge in [-0.1, -0.05) is 0 Å². The lowest BCUT2D eigenvalue weighted by Gasteiger charge is -2.15. The van der Waals surface area contributed by atoms with Crippen LogP contribution in [0.15, 0.2) is 16.7 Å². The Morgan fingerprint density at radius 3 is 0.920 bits per heavy atom. The van der Waals surface area contributed by atoms with Gasteiger partial charge in [0.05, 0.1) is 33.4 Å². The molecule has 19 heteroatoms. The van der Waals surface area contributed by atoms with E-state index in [0.29, 0.717) is 0 Å². The van der Waals surface area contributed by atoms with Crippen molar-refractivity contribution in [2.24, 2.45) is 0 Å². The van der Waals surface area contributed by atoms with E-state index in [2.05, 4.69) is 0 Å². The van der Waals surface area contributed by atoms with Crippen molar-refractivity contribution in [3.63, 3.8) is 0 Å². The fraction of sp³-hybridized carbons (Fsp3) is 0.0645. The molecular weight excluding hydrogens is 708 g/mol. The van der Waals surface area contributed by atoms with Crippen LogP contribution in [0.3, 0.4) is 0 Å². The topological polar surface area (TPSA) is 119 Å². The Bertz CT molecular complexity index is 2230. The summed E-state index contributed by atoms with van der Waals surface area (Å²) >= 11 is 0. The van der Waals surface area contributed by atoms with Gasteiger partial charge in [0.1, 0.15) is 52.9 Å². The van der Waals surface area contributed by atoms with Crippen LogP contribution >= 0.6 is 0 Å². The summed E-state index contributed by atoms with van der Waals surface area (Å²) in [5.74, 6) is -28.2. The van der Waals surface area contributed by atoms with Gasteiger partial charge in [0, 0.05) is 22.3 Å². The summed E-state index contributed by atoms with van der Waals surface area (Å²) in [5.41, 5.74) is -24.2. The van der Waals surface area contributed by atoms with Gasteiger partial charge in [-0.05, 0) is 6.92 Å². The third-order valence-electron chi connectivity index (χ3n) is 7.11. The zero-order valence-corrected chi connectivity index (χ0v) is 23.5. The van der Waals surface area contributed by atoms with Crippen molar-refractivity contribution in [2.45, 2.75) is 13.1 Å². The number of nitriles is 5. The average Bonchev–Trinajstić information content (AvgIpc) is 3.77. The molecule has 0 bridgehead atoms. The van der Waals surface area contributed by atoms with Crippen molar-refractivity contribution in [1.29, 1.82) is 26.3 Å². The van der Waals surface area contributed by atoms with E-state index in [4.69, 9.17) is 10.5 Å². The maximum absolute atomic E-state index is 15.4. The van der Waals surface area contributed by atoms with Crippen molar-refractivity contribution < 1.29 is 61.5 Å². The summed E-state index contributed by atoms with van der Waals surface area (Å²) in [4.78, 5) is 0. The third kappa shape index (κ3) is 5.06. The van der Waals surface area contributed by atoms with Gasteiger partial charge < -0.3 is 0 Å². The highest BCUT2D eigenvalue weighted by molar-refractivity contribution is 6.12. The number of alkyl halides is 3. The van der Waals surface area contributed by atoms with Crippen LogP contribution in [-0.4, -0.2) is 0 Å². The Kier molecular flexibility index (Phi) is 8.99. The number of hydrogen-bond acceptors (Lipinski definition) is 5. The molecule has 3 aromatic rings. The van der Waals surface area contributed by atoms with Crippen molar-refractivity contribution >= 4 is 16.7 Å². The molecule has 1 aliphatic rings. The maximum Gasteiger partial charge on any atom is 0.419 e. The molecule has 0 atom stereocenters. The van der Waals surface area contributed by atoms with Gasteiger partial charge in [-0.3, -0.25) is 0 Å². The number of benzene rings is 3. The second-order valence-corrected chi connectivity index (χ2v) is 9.64. The maximum atomic E-state index is 15.4. The van der Waals surface area contributed by atoms with E-state index < -0.39 is 143 Å². The monoisotopic (exact) mass is 711 g/mol. The minimum atomic E-state index is -5.77. The molecule has 4 rings (SSSR count). The molecule has 3 aromatic carbocycles. The molecule has 50 heavy (non-hydrogen) atoms. The average molecular weight is 711 g/mol. The lowest BCUT2D eigenvalue weighted by Crippen LogP contribution is -2.16. The van der Waals surface area contributed by atoms with Crippen LogP contribution in [0.2, 0.25) is 0 Å². The molecular formula is C31H3F14N5. The first-order valence-corrected chi connectivity index (χ1v) is 12.5. The second kappa shape index (κ2) is 12.4. The number of halogens is 14. The molecule has 250 valence electrons. The van der Waals surface area contributed by atoms with Crippen molar-refractivity contribution in [3.8, 4) is 30.3 Å². The SMILES string of the molecule is Cc1c(F)c(/C(C#N)=C2/C(=C(C#N)c3c(F)c(F)c(C#N)c(F)c3F)/C2=C(/C#N)c2c(F)c(F)c(C#N)c(F)c2F)c(F)c(F)c1C(F)(F)F. The Hall–Kier alpha value is -6.65. The van der Waals surface area contributed by atoms with Crippen LogP contribution in [0, 0.1) is 128 Å². The van der Waals surface area contributed by atoms with E-state index in [1.54, 1.807) is 0 Å². The van der Waals surface area contributed by atoms with Gasteiger partial charge in [-0.2, -0.15) is 39.5 Å². The normalized spacial score (nSPS) is 15.3. The summed E-state index contributed by atoms with van der Waals surface area (Å²) in [7, 11) is 0. The van der Waals surface area contributed by atoms with Crippen LogP contribution in [-0.2, 0) is 6.18 Å². The van der Waals surface area contributed by atoms with Crippen molar-refractivity contribution in [2.75, 3.05) is 0 Å². The third-order valence-corrected chi connectivity index (χ3v) is 7.11. The van der Waals surface area contributed by atoms with Crippen LogP contribution in [0.1, 0.15) is 38.9 Å². The Labute approximate surface area is 267 Å². The summed E-state index contributed by atoms with van der Waals surface area (Å²) in [6, 6.07) is 4.31. The Morgan fingerprint density at radius 1 is 0.420 bits per heavy atom. The summed E-state index contributed by atoms with van der Waals surface area (Å²) in [5, 5.41) is 47.2. The molecule has 0 amide bonds. The van der Waals surface area contributed by atoms with Crippen molar-refractivity contribution in [1.82, 2.24) is 0 Å². The highest BCUT2D eigenvalue weighted by Gasteiger charge is 2.47. The van der Waals surface area contributed by atoms with Crippen LogP contribution in [0.25, 0.3) is 16.7 Å². The Balaban J connectivity index is 2.38. The summed E-state index contributed by atoms with van der Waals surface area (Å²) < 4.78 is 204. The van der Waals surface area contributed by atoms with Crippen LogP contribution in [0.4, 0.5) is 61.5 Å². The molecule has 1 saturated carbocycles. The smallest absolute Gasteiger partial charge is 0.206 e. The largest absolute Gasteiger partial charge is 0.419 e. The fourth-order valence-electron chi connectivity index (χ4n) is 4.88.